The van der Waals surface area contributed by atoms with Gasteiger partial charge in [-0.25, -0.2) is 0 Å². The van der Waals surface area contributed by atoms with Gasteiger partial charge in [-0.15, -0.1) is 0 Å². The molecule has 1 unspecified atom stereocenters. The molecule has 1 aromatic rings. The number of rotatable bonds is 3. The van der Waals surface area contributed by atoms with Crippen molar-refractivity contribution >= 4 is 29.1 Å². The van der Waals surface area contributed by atoms with Crippen LogP contribution in [0.3, 0.4) is 0 Å². The number of halogens is 1. The molecule has 0 spiro atoms. The Balaban J connectivity index is 1.90. The topological polar surface area (TPSA) is 74.8 Å². The number of hydrogen-bond acceptors (Lipinski definition) is 2. The lowest BCUT2D eigenvalue weighted by Gasteiger charge is -2.19. The zero-order valence-electron chi connectivity index (χ0n) is 9.78. The number of benzene rings is 1. The van der Waals surface area contributed by atoms with Crippen LogP contribution in [0.4, 0.5) is 5.69 Å². The molecular formula is C12H15ClN3O2+. The molecule has 1 fully saturated rings. The van der Waals surface area contributed by atoms with Crippen molar-refractivity contribution in [3.05, 3.63) is 29.3 Å². The van der Waals surface area contributed by atoms with Gasteiger partial charge in [0, 0.05) is 10.7 Å². The Hall–Kier alpha value is -1.59. The highest BCUT2D eigenvalue weighted by Gasteiger charge is 2.27. The number of nitrogens with two attached hydrogens (primary N) is 1. The molecule has 0 aromatic heterocycles. The maximum atomic E-state index is 11.8. The monoisotopic (exact) mass is 268 g/mol. The highest BCUT2D eigenvalue weighted by Crippen LogP contribution is 2.15. The van der Waals surface area contributed by atoms with Crippen molar-refractivity contribution in [3.8, 4) is 0 Å². The van der Waals surface area contributed by atoms with Gasteiger partial charge in [0.2, 0.25) is 5.91 Å². The predicted molar refractivity (Wildman–Crippen MR) is 68.3 cm³/mol. The summed E-state index contributed by atoms with van der Waals surface area (Å²) in [7, 11) is 0. The minimum absolute atomic E-state index is 0.0810. The van der Waals surface area contributed by atoms with Gasteiger partial charge in [-0.1, -0.05) is 17.7 Å². The smallest absolute Gasteiger partial charge is 0.278 e. The molecule has 96 valence electrons. The Morgan fingerprint density at radius 2 is 2.39 bits per heavy atom. The largest absolute Gasteiger partial charge is 0.345 e. The highest BCUT2D eigenvalue weighted by atomic mass is 35.5. The Morgan fingerprint density at radius 3 is 3.11 bits per heavy atom. The lowest BCUT2D eigenvalue weighted by Crippen LogP contribution is -2.96. The molecule has 0 saturated carbocycles. The van der Waals surface area contributed by atoms with Gasteiger partial charge in [0.15, 0.2) is 6.04 Å². The van der Waals surface area contributed by atoms with Crippen LogP contribution in [0.1, 0.15) is 6.42 Å². The zero-order chi connectivity index (χ0) is 13.0. The van der Waals surface area contributed by atoms with Gasteiger partial charge in [-0.05, 0) is 18.2 Å². The van der Waals surface area contributed by atoms with E-state index in [-0.39, 0.29) is 24.3 Å². The van der Waals surface area contributed by atoms with Gasteiger partial charge < -0.3 is 16.0 Å². The SMILES string of the molecule is O=C(CC1[NH2+]CCNC1=O)Nc1cccc(Cl)c1. The summed E-state index contributed by atoms with van der Waals surface area (Å²) in [6.07, 6.45) is 0.165. The molecule has 1 aliphatic heterocycles. The first kappa shape index (κ1) is 12.9. The summed E-state index contributed by atoms with van der Waals surface area (Å²) >= 11 is 5.82. The molecule has 2 amide bonds. The van der Waals surface area contributed by atoms with E-state index in [4.69, 9.17) is 11.6 Å². The van der Waals surface area contributed by atoms with Crippen LogP contribution in [0.2, 0.25) is 5.02 Å². The first-order chi connectivity index (χ1) is 8.65. The number of carbonyl (C=O) groups is 2. The molecule has 0 radical (unpaired) electrons. The molecule has 18 heavy (non-hydrogen) atoms. The van der Waals surface area contributed by atoms with E-state index in [1.165, 1.54) is 0 Å². The standard InChI is InChI=1S/C12H14ClN3O2/c13-8-2-1-3-9(6-8)16-11(17)7-10-12(18)15-5-4-14-10/h1-3,6,10,14H,4-5,7H2,(H,15,18)(H,16,17)/p+1. The molecule has 1 aromatic carbocycles. The molecular weight excluding hydrogens is 254 g/mol. The van der Waals surface area contributed by atoms with Crippen molar-refractivity contribution in [1.29, 1.82) is 0 Å². The van der Waals surface area contributed by atoms with Crippen LogP contribution >= 0.6 is 11.6 Å². The van der Waals surface area contributed by atoms with Gasteiger partial charge in [0.1, 0.15) is 0 Å². The van der Waals surface area contributed by atoms with Crippen LogP contribution in [0.15, 0.2) is 24.3 Å². The fourth-order valence-electron chi connectivity index (χ4n) is 1.87. The molecule has 1 atom stereocenters. The molecule has 1 heterocycles. The minimum Gasteiger partial charge on any atom is -0.345 e. The van der Waals surface area contributed by atoms with E-state index in [2.05, 4.69) is 10.6 Å². The van der Waals surface area contributed by atoms with Gasteiger partial charge in [-0.2, -0.15) is 0 Å². The van der Waals surface area contributed by atoms with E-state index in [1.807, 2.05) is 5.32 Å². The lowest BCUT2D eigenvalue weighted by molar-refractivity contribution is -0.678. The van der Waals surface area contributed by atoms with Crippen LogP contribution in [0, 0.1) is 0 Å². The van der Waals surface area contributed by atoms with Crippen molar-refractivity contribution < 1.29 is 14.9 Å². The van der Waals surface area contributed by atoms with Crippen LogP contribution < -0.4 is 16.0 Å². The van der Waals surface area contributed by atoms with E-state index in [9.17, 15) is 9.59 Å². The van der Waals surface area contributed by atoms with E-state index in [0.29, 0.717) is 17.3 Å². The second kappa shape index (κ2) is 5.84. The van der Waals surface area contributed by atoms with Gasteiger partial charge in [-0.3, -0.25) is 9.59 Å². The Kier molecular flexibility index (Phi) is 4.17. The average molecular weight is 269 g/mol. The third-order valence-electron chi connectivity index (χ3n) is 2.75. The lowest BCUT2D eigenvalue weighted by atomic mass is 10.1. The van der Waals surface area contributed by atoms with Crippen molar-refractivity contribution in [2.45, 2.75) is 12.5 Å². The molecule has 1 aliphatic rings. The van der Waals surface area contributed by atoms with E-state index >= 15 is 0 Å². The molecule has 1 saturated heterocycles. The Labute approximate surface area is 110 Å². The van der Waals surface area contributed by atoms with Crippen LogP contribution in [-0.4, -0.2) is 30.9 Å². The zero-order valence-corrected chi connectivity index (χ0v) is 10.5. The average Bonchev–Trinajstić information content (AvgIpc) is 2.32. The Morgan fingerprint density at radius 1 is 1.56 bits per heavy atom. The Bertz CT molecular complexity index is 464. The summed E-state index contributed by atoms with van der Waals surface area (Å²) in [5, 5.41) is 7.92. The van der Waals surface area contributed by atoms with Crippen molar-refractivity contribution in [2.75, 3.05) is 18.4 Å². The molecule has 0 aliphatic carbocycles. The third-order valence-corrected chi connectivity index (χ3v) is 2.98. The molecule has 0 bridgehead atoms. The van der Waals surface area contributed by atoms with Crippen molar-refractivity contribution in [1.82, 2.24) is 5.32 Å². The van der Waals surface area contributed by atoms with Crippen molar-refractivity contribution in [3.63, 3.8) is 0 Å². The van der Waals surface area contributed by atoms with Gasteiger partial charge in [0.05, 0.1) is 19.5 Å². The summed E-state index contributed by atoms with van der Waals surface area (Å²) in [6, 6.07) is 6.59. The normalized spacial score (nSPS) is 19.2. The molecule has 2 rings (SSSR count). The highest BCUT2D eigenvalue weighted by molar-refractivity contribution is 6.30. The van der Waals surface area contributed by atoms with E-state index in [1.54, 1.807) is 24.3 Å². The summed E-state index contributed by atoms with van der Waals surface area (Å²) in [5.74, 6) is -0.266. The van der Waals surface area contributed by atoms with Gasteiger partial charge in [0.25, 0.3) is 5.91 Å². The summed E-state index contributed by atoms with van der Waals surface area (Å²) in [5.41, 5.74) is 0.642. The quantitative estimate of drug-likeness (QED) is 0.706. The first-order valence-corrected chi connectivity index (χ1v) is 6.19. The number of anilines is 1. The fourth-order valence-corrected chi connectivity index (χ4v) is 2.06. The van der Waals surface area contributed by atoms with Crippen LogP contribution in [0.5, 0.6) is 0 Å². The summed E-state index contributed by atoms with van der Waals surface area (Å²) in [6.45, 7) is 1.46. The second-order valence-electron chi connectivity index (χ2n) is 4.18. The van der Waals surface area contributed by atoms with E-state index < -0.39 is 0 Å². The number of nitrogens with one attached hydrogen (secondary N) is 2. The first-order valence-electron chi connectivity index (χ1n) is 5.81. The molecule has 6 heteroatoms. The second-order valence-corrected chi connectivity index (χ2v) is 4.62. The number of carbonyl (C=O) groups excluding carboxylic acids is 2. The maximum absolute atomic E-state index is 11.8. The fraction of sp³-hybridized carbons (Fsp3) is 0.333. The van der Waals surface area contributed by atoms with E-state index in [0.717, 1.165) is 6.54 Å². The number of hydrogen-bond donors (Lipinski definition) is 3. The molecule has 4 N–H and O–H groups in total. The maximum Gasteiger partial charge on any atom is 0.278 e. The number of piperazine rings is 1. The van der Waals surface area contributed by atoms with Crippen molar-refractivity contribution in [2.24, 2.45) is 0 Å². The minimum atomic E-state index is -0.335. The molecule has 5 nitrogen and oxygen atoms in total. The van der Waals surface area contributed by atoms with Gasteiger partial charge >= 0.3 is 0 Å². The predicted octanol–water partition coefficient (Wildman–Crippen LogP) is -0.270. The summed E-state index contributed by atoms with van der Waals surface area (Å²) in [4.78, 5) is 23.3. The van der Waals surface area contributed by atoms with Crippen LogP contribution in [-0.2, 0) is 9.59 Å². The van der Waals surface area contributed by atoms with Crippen LogP contribution in [0.25, 0.3) is 0 Å². The third kappa shape index (κ3) is 3.45. The number of quaternary nitrogens is 1. The summed E-state index contributed by atoms with van der Waals surface area (Å²) < 4.78 is 0. The number of amides is 2.